The van der Waals surface area contributed by atoms with Gasteiger partial charge in [0, 0.05) is 0 Å². The van der Waals surface area contributed by atoms with Gasteiger partial charge in [0.1, 0.15) is 0 Å². The number of fused-ring (bicyclic) bond motifs is 1. The van der Waals surface area contributed by atoms with E-state index in [1.165, 1.54) is 38.5 Å². The summed E-state index contributed by atoms with van der Waals surface area (Å²) >= 11 is 0. The Bertz CT molecular complexity index is 459. The van der Waals surface area contributed by atoms with Crippen LogP contribution in [0.5, 0.6) is 0 Å². The average Bonchev–Trinajstić information content (AvgIpc) is 2.83. The van der Waals surface area contributed by atoms with E-state index in [4.69, 9.17) is 0 Å². The molecule has 0 amide bonds. The van der Waals surface area contributed by atoms with Crippen molar-refractivity contribution in [1.29, 1.82) is 0 Å². The number of halogens is 3. The molecule has 2 atom stereocenters. The van der Waals surface area contributed by atoms with Crippen LogP contribution in [-0.4, -0.2) is 9.52 Å². The van der Waals surface area contributed by atoms with Crippen LogP contribution in [0.15, 0.2) is 48.1 Å². The van der Waals surface area contributed by atoms with Crippen LogP contribution >= 0.6 is 0 Å². The zero-order chi connectivity index (χ0) is 13.1. The molecule has 0 heterocycles. The SMILES string of the molecule is CCCC1([SiH2][C-]2CCC3CC=CC=C23)C=CC=CC1.[Cl-].[Cl-].[Cl-].[Ti+4]. The summed E-state index contributed by atoms with van der Waals surface area (Å²) in [5.74, 6) is 0.870. The van der Waals surface area contributed by atoms with E-state index in [2.05, 4.69) is 49.5 Å². The first kappa shape index (κ1) is 25.9. The van der Waals surface area contributed by atoms with Gasteiger partial charge in [-0.05, 0) is 39.7 Å². The Hall–Kier alpha value is 0.631. The molecule has 126 valence electrons. The topological polar surface area (TPSA) is 0 Å². The van der Waals surface area contributed by atoms with Crippen LogP contribution in [-0.2, 0) is 21.7 Å². The number of hydrogen-bond acceptors (Lipinski definition) is 0. The van der Waals surface area contributed by atoms with Crippen molar-refractivity contribution >= 4 is 9.52 Å². The average molecular weight is 424 g/mol. The summed E-state index contributed by atoms with van der Waals surface area (Å²) in [6.45, 7) is 2.34. The largest absolute Gasteiger partial charge is 4.00 e. The summed E-state index contributed by atoms with van der Waals surface area (Å²) in [6, 6.07) is 0. The minimum absolute atomic E-state index is 0. The van der Waals surface area contributed by atoms with Crippen LogP contribution in [0.25, 0.3) is 0 Å². The van der Waals surface area contributed by atoms with Gasteiger partial charge in [0.25, 0.3) is 0 Å². The molecule has 3 rings (SSSR count). The normalized spacial score (nSPS) is 27.4. The Morgan fingerprint density at radius 2 is 1.96 bits per heavy atom. The van der Waals surface area contributed by atoms with Crippen LogP contribution in [0.4, 0.5) is 0 Å². The summed E-state index contributed by atoms with van der Waals surface area (Å²) in [6.07, 6.45) is 24.6. The second kappa shape index (κ2) is 12.1. The molecule has 0 saturated heterocycles. The fraction of sp³-hybridized carbons (Fsp3) is 0.500. The Morgan fingerprint density at radius 3 is 2.61 bits per heavy atom. The number of hydrogen-bond donors (Lipinski definition) is 0. The second-order valence-electron chi connectivity index (χ2n) is 6.41. The number of allylic oxidation sites excluding steroid dienone is 8. The van der Waals surface area contributed by atoms with Crippen molar-refractivity contribution in [2.24, 2.45) is 5.92 Å². The molecule has 5 heteroatoms. The van der Waals surface area contributed by atoms with Crippen LogP contribution in [0.1, 0.15) is 45.4 Å². The van der Waals surface area contributed by atoms with E-state index in [9.17, 15) is 0 Å². The molecule has 0 nitrogen and oxygen atoms in total. The Kier molecular flexibility index (Phi) is 13.6. The van der Waals surface area contributed by atoms with E-state index in [0.29, 0.717) is 5.04 Å². The minimum Gasteiger partial charge on any atom is -1.00 e. The third-order valence-electron chi connectivity index (χ3n) is 5.01. The molecule has 0 aromatic rings. The fourth-order valence-corrected chi connectivity index (χ4v) is 7.01. The van der Waals surface area contributed by atoms with E-state index in [0.717, 1.165) is 5.92 Å². The van der Waals surface area contributed by atoms with E-state index in [1.54, 1.807) is 5.57 Å². The van der Waals surface area contributed by atoms with Gasteiger partial charge in [-0.2, -0.15) is 0 Å². The van der Waals surface area contributed by atoms with E-state index in [1.807, 2.05) is 5.54 Å². The summed E-state index contributed by atoms with van der Waals surface area (Å²) in [5, 5.41) is 0.551. The van der Waals surface area contributed by atoms with Crippen molar-refractivity contribution < 1.29 is 58.9 Å². The molecule has 0 bridgehead atoms. The van der Waals surface area contributed by atoms with Crippen molar-refractivity contribution in [2.45, 2.75) is 50.5 Å². The van der Waals surface area contributed by atoms with Crippen molar-refractivity contribution in [3.63, 3.8) is 0 Å². The van der Waals surface area contributed by atoms with Crippen molar-refractivity contribution in [3.05, 3.63) is 53.6 Å². The van der Waals surface area contributed by atoms with Gasteiger partial charge >= 0.3 is 21.7 Å². The first-order chi connectivity index (χ1) is 9.33. The first-order valence-electron chi connectivity index (χ1n) is 7.89. The Balaban J connectivity index is 0. The molecule has 1 saturated carbocycles. The predicted octanol–water partition coefficient (Wildman–Crippen LogP) is -4.53. The third-order valence-corrected chi connectivity index (χ3v) is 7.78. The molecule has 3 aliphatic carbocycles. The maximum atomic E-state index is 2.54. The van der Waals surface area contributed by atoms with Gasteiger partial charge in [0.05, 0.1) is 0 Å². The number of rotatable bonds is 4. The molecular weight excluding hydrogens is 399 g/mol. The van der Waals surface area contributed by atoms with E-state index < -0.39 is 0 Å². The van der Waals surface area contributed by atoms with E-state index >= 15 is 0 Å². The van der Waals surface area contributed by atoms with Gasteiger partial charge < -0.3 is 37.2 Å². The Labute approximate surface area is 177 Å². The molecule has 2 unspecified atom stereocenters. The van der Waals surface area contributed by atoms with E-state index in [-0.39, 0.29) is 68.5 Å². The van der Waals surface area contributed by atoms with Gasteiger partial charge in [-0.15, -0.1) is 12.2 Å². The van der Waals surface area contributed by atoms with Gasteiger partial charge in [0.2, 0.25) is 0 Å². The maximum Gasteiger partial charge on any atom is 4.00 e. The molecule has 3 aliphatic rings. The van der Waals surface area contributed by atoms with Gasteiger partial charge in [-0.1, -0.05) is 50.5 Å². The standard InChI is InChI=1S/C18H25Si.3ClH.Ti/c1-2-12-18(13-6-3-7-14-18)19-17-11-10-15-8-4-5-9-16(15)17;;;;/h3-7,9,13,15H,2,8,10-12,14,19H2,1H3;3*1H;/q-1;;;;+4/p-3. The second-order valence-corrected chi connectivity index (χ2v) is 9.02. The summed E-state index contributed by atoms with van der Waals surface area (Å²) in [7, 11) is -0.165. The van der Waals surface area contributed by atoms with Crippen molar-refractivity contribution in [3.8, 4) is 0 Å². The van der Waals surface area contributed by atoms with Crippen molar-refractivity contribution in [1.82, 2.24) is 0 Å². The molecule has 0 N–H and O–H groups in total. The van der Waals surface area contributed by atoms with Crippen LogP contribution < -0.4 is 37.2 Å². The van der Waals surface area contributed by atoms with Gasteiger partial charge in [-0.25, -0.2) is 17.2 Å². The van der Waals surface area contributed by atoms with Crippen LogP contribution in [0, 0.1) is 11.5 Å². The minimum atomic E-state index is -0.165. The molecular formula is C18H25Cl3SiTi. The Morgan fingerprint density at radius 1 is 1.17 bits per heavy atom. The maximum absolute atomic E-state index is 2.54. The van der Waals surface area contributed by atoms with Gasteiger partial charge in [0.15, 0.2) is 0 Å². The monoisotopic (exact) mass is 422 g/mol. The zero-order valence-electron chi connectivity index (χ0n) is 13.7. The molecule has 0 spiro atoms. The quantitative estimate of drug-likeness (QED) is 0.316. The molecule has 1 fully saturated rings. The molecule has 0 aliphatic heterocycles. The molecule has 23 heavy (non-hydrogen) atoms. The van der Waals surface area contributed by atoms with Crippen LogP contribution in [0.3, 0.4) is 0 Å². The summed E-state index contributed by atoms with van der Waals surface area (Å²) in [5.41, 5.74) is 3.63. The fourth-order valence-electron chi connectivity index (χ4n) is 4.08. The van der Waals surface area contributed by atoms with Crippen LogP contribution in [0.2, 0.25) is 5.04 Å². The first-order valence-corrected chi connectivity index (χ1v) is 9.30. The summed E-state index contributed by atoms with van der Waals surface area (Å²) < 4.78 is 0. The van der Waals surface area contributed by atoms with Gasteiger partial charge in [-0.3, -0.25) is 0 Å². The smallest absolute Gasteiger partial charge is 1.00 e. The molecule has 0 radical (unpaired) electrons. The predicted molar refractivity (Wildman–Crippen MR) is 86.8 cm³/mol. The summed E-state index contributed by atoms with van der Waals surface area (Å²) in [4.78, 5) is 0. The van der Waals surface area contributed by atoms with Crippen molar-refractivity contribution in [2.75, 3.05) is 0 Å². The molecule has 0 aromatic carbocycles. The zero-order valence-corrected chi connectivity index (χ0v) is 18.9. The third kappa shape index (κ3) is 6.13. The molecule has 0 aromatic heterocycles.